The van der Waals surface area contributed by atoms with E-state index in [1.165, 1.54) is 6.07 Å². The molecule has 0 fully saturated rings. The van der Waals surface area contributed by atoms with Crippen molar-refractivity contribution >= 4 is 16.5 Å². The Bertz CT molecular complexity index is 379. The molecular weight excluding hydrogens is 225 g/mol. The molecule has 0 heterocycles. The van der Waals surface area contributed by atoms with Gasteiger partial charge in [0.15, 0.2) is 0 Å². The van der Waals surface area contributed by atoms with Crippen molar-refractivity contribution in [1.82, 2.24) is 0 Å². The highest BCUT2D eigenvalue weighted by Gasteiger charge is 2.08. The van der Waals surface area contributed by atoms with Gasteiger partial charge in [0.1, 0.15) is 5.82 Å². The van der Waals surface area contributed by atoms with Crippen LogP contribution in [0.4, 0.5) is 10.1 Å². The van der Waals surface area contributed by atoms with Crippen LogP contribution in [0, 0.1) is 11.7 Å². The van der Waals surface area contributed by atoms with E-state index in [1.807, 2.05) is 0 Å². The number of anilines is 1. The fourth-order valence-electron chi connectivity index (χ4n) is 1.29. The van der Waals surface area contributed by atoms with Crippen molar-refractivity contribution in [1.29, 1.82) is 0 Å². The molecule has 0 aliphatic rings. The van der Waals surface area contributed by atoms with Gasteiger partial charge in [-0.3, -0.25) is 4.21 Å². The van der Waals surface area contributed by atoms with Gasteiger partial charge in [0.05, 0.1) is 5.75 Å². The summed E-state index contributed by atoms with van der Waals surface area (Å²) in [5, 5.41) is 0. The topological polar surface area (TPSA) is 43.1 Å². The third-order valence-corrected chi connectivity index (χ3v) is 3.64. The lowest BCUT2D eigenvalue weighted by Gasteiger charge is -2.06. The SMILES string of the molecule is CC(C)CCS(=O)Cc1ccc(N)cc1F. The van der Waals surface area contributed by atoms with Crippen LogP contribution in [-0.4, -0.2) is 9.96 Å². The largest absolute Gasteiger partial charge is 0.399 e. The van der Waals surface area contributed by atoms with Crippen LogP contribution in [0.5, 0.6) is 0 Å². The summed E-state index contributed by atoms with van der Waals surface area (Å²) in [6, 6.07) is 4.52. The number of hydrogen-bond donors (Lipinski definition) is 1. The van der Waals surface area contributed by atoms with E-state index >= 15 is 0 Å². The molecule has 0 saturated carbocycles. The number of nitrogen functional groups attached to an aromatic ring is 1. The Morgan fingerprint density at radius 1 is 1.44 bits per heavy atom. The monoisotopic (exact) mass is 243 g/mol. The molecule has 1 aromatic carbocycles. The zero-order valence-electron chi connectivity index (χ0n) is 9.70. The van der Waals surface area contributed by atoms with Crippen molar-refractivity contribution in [2.45, 2.75) is 26.0 Å². The van der Waals surface area contributed by atoms with Crippen molar-refractivity contribution in [2.75, 3.05) is 11.5 Å². The first-order valence-electron chi connectivity index (χ1n) is 5.38. The summed E-state index contributed by atoms with van der Waals surface area (Å²) < 4.78 is 25.1. The number of rotatable bonds is 5. The molecule has 0 amide bonds. The zero-order chi connectivity index (χ0) is 12.1. The smallest absolute Gasteiger partial charge is 0.129 e. The van der Waals surface area contributed by atoms with Crippen LogP contribution >= 0.6 is 0 Å². The van der Waals surface area contributed by atoms with Gasteiger partial charge in [0, 0.05) is 27.8 Å². The van der Waals surface area contributed by atoms with Gasteiger partial charge in [0.2, 0.25) is 0 Å². The maximum atomic E-state index is 13.4. The van der Waals surface area contributed by atoms with Crippen molar-refractivity contribution in [2.24, 2.45) is 5.92 Å². The molecule has 1 rings (SSSR count). The summed E-state index contributed by atoms with van der Waals surface area (Å²) in [7, 11) is -0.989. The first-order valence-corrected chi connectivity index (χ1v) is 6.86. The molecule has 0 bridgehead atoms. The van der Waals surface area contributed by atoms with E-state index in [0.29, 0.717) is 22.9 Å². The van der Waals surface area contributed by atoms with E-state index in [4.69, 9.17) is 5.73 Å². The van der Waals surface area contributed by atoms with Gasteiger partial charge in [-0.25, -0.2) is 4.39 Å². The van der Waals surface area contributed by atoms with Gasteiger partial charge in [-0.05, 0) is 24.5 Å². The summed E-state index contributed by atoms with van der Waals surface area (Å²) in [6.07, 6.45) is 0.906. The summed E-state index contributed by atoms with van der Waals surface area (Å²) in [5.74, 6) is 1.07. The Morgan fingerprint density at radius 2 is 2.12 bits per heavy atom. The molecule has 2 N–H and O–H groups in total. The van der Waals surface area contributed by atoms with Gasteiger partial charge < -0.3 is 5.73 Å². The first-order chi connectivity index (χ1) is 7.49. The molecule has 0 aliphatic heterocycles. The van der Waals surface area contributed by atoms with Crippen LogP contribution in [0.25, 0.3) is 0 Å². The van der Waals surface area contributed by atoms with E-state index < -0.39 is 10.8 Å². The number of hydrogen-bond acceptors (Lipinski definition) is 2. The predicted molar refractivity (Wildman–Crippen MR) is 67.0 cm³/mol. The summed E-state index contributed by atoms with van der Waals surface area (Å²) in [6.45, 7) is 4.17. The molecule has 16 heavy (non-hydrogen) atoms. The van der Waals surface area contributed by atoms with Crippen molar-refractivity contribution in [3.05, 3.63) is 29.6 Å². The third kappa shape index (κ3) is 4.31. The normalized spacial score (nSPS) is 13.0. The second-order valence-corrected chi connectivity index (χ2v) is 5.90. The van der Waals surface area contributed by atoms with E-state index in [9.17, 15) is 8.60 Å². The average molecular weight is 243 g/mol. The average Bonchev–Trinajstić information content (AvgIpc) is 2.19. The summed E-state index contributed by atoms with van der Waals surface area (Å²) in [5.41, 5.74) is 6.32. The van der Waals surface area contributed by atoms with Crippen molar-refractivity contribution < 1.29 is 8.60 Å². The van der Waals surface area contributed by atoms with Crippen molar-refractivity contribution in [3.8, 4) is 0 Å². The van der Waals surface area contributed by atoms with Crippen LogP contribution in [0.15, 0.2) is 18.2 Å². The first kappa shape index (κ1) is 13.2. The lowest BCUT2D eigenvalue weighted by atomic mass is 10.2. The molecule has 0 spiro atoms. The maximum Gasteiger partial charge on any atom is 0.129 e. The molecule has 0 saturated heterocycles. The minimum Gasteiger partial charge on any atom is -0.399 e. The number of halogens is 1. The molecule has 0 radical (unpaired) electrons. The Morgan fingerprint density at radius 3 is 2.69 bits per heavy atom. The molecule has 1 atom stereocenters. The van der Waals surface area contributed by atoms with Gasteiger partial charge in [-0.1, -0.05) is 19.9 Å². The quantitative estimate of drug-likeness (QED) is 0.808. The lowest BCUT2D eigenvalue weighted by Crippen LogP contribution is -2.05. The van der Waals surface area contributed by atoms with Crippen LogP contribution in [0.3, 0.4) is 0 Å². The Hall–Kier alpha value is -0.900. The Balaban J connectivity index is 2.56. The highest BCUT2D eigenvalue weighted by molar-refractivity contribution is 7.84. The maximum absolute atomic E-state index is 13.4. The highest BCUT2D eigenvalue weighted by atomic mass is 32.2. The zero-order valence-corrected chi connectivity index (χ0v) is 10.5. The second-order valence-electron chi connectivity index (χ2n) is 4.32. The van der Waals surface area contributed by atoms with Crippen LogP contribution in [0.1, 0.15) is 25.8 Å². The second kappa shape index (κ2) is 5.99. The molecular formula is C12H18FNOS. The molecule has 0 aromatic heterocycles. The Labute approximate surface area is 98.5 Å². The van der Waals surface area contributed by atoms with Crippen LogP contribution < -0.4 is 5.73 Å². The summed E-state index contributed by atoms with van der Waals surface area (Å²) in [4.78, 5) is 0. The minimum absolute atomic E-state index is 0.277. The molecule has 0 aliphatic carbocycles. The van der Waals surface area contributed by atoms with Crippen LogP contribution in [-0.2, 0) is 16.6 Å². The minimum atomic E-state index is -0.989. The molecule has 1 aromatic rings. The standard InChI is InChI=1S/C12H18FNOS/c1-9(2)5-6-16(15)8-10-3-4-11(14)7-12(10)13/h3-4,7,9H,5-6,8,14H2,1-2H3. The molecule has 90 valence electrons. The fraction of sp³-hybridized carbons (Fsp3) is 0.500. The molecule has 1 unspecified atom stereocenters. The third-order valence-electron chi connectivity index (χ3n) is 2.32. The van der Waals surface area contributed by atoms with Crippen molar-refractivity contribution in [3.63, 3.8) is 0 Å². The predicted octanol–water partition coefficient (Wildman–Crippen LogP) is 2.70. The number of nitrogens with two attached hydrogens (primary N) is 1. The van der Waals surface area contributed by atoms with Gasteiger partial charge in [0.25, 0.3) is 0 Å². The lowest BCUT2D eigenvalue weighted by molar-refractivity contribution is 0.610. The molecule has 4 heteroatoms. The number of benzene rings is 1. The highest BCUT2D eigenvalue weighted by Crippen LogP contribution is 2.14. The Kier molecular flexibility index (Phi) is 4.93. The van der Waals surface area contributed by atoms with E-state index in [1.54, 1.807) is 12.1 Å². The summed E-state index contributed by atoms with van der Waals surface area (Å²) >= 11 is 0. The van der Waals surface area contributed by atoms with E-state index in [0.717, 1.165) is 6.42 Å². The molecule has 2 nitrogen and oxygen atoms in total. The van der Waals surface area contributed by atoms with Gasteiger partial charge in [-0.2, -0.15) is 0 Å². The van der Waals surface area contributed by atoms with E-state index in [2.05, 4.69) is 13.8 Å². The van der Waals surface area contributed by atoms with Gasteiger partial charge in [-0.15, -0.1) is 0 Å². The van der Waals surface area contributed by atoms with Gasteiger partial charge >= 0.3 is 0 Å². The fourth-order valence-corrected chi connectivity index (χ4v) is 2.75. The van der Waals surface area contributed by atoms with E-state index in [-0.39, 0.29) is 11.6 Å². The van der Waals surface area contributed by atoms with Crippen LogP contribution in [0.2, 0.25) is 0 Å².